The van der Waals surface area contributed by atoms with E-state index in [9.17, 15) is 9.59 Å². The fourth-order valence-corrected chi connectivity index (χ4v) is 3.25. The van der Waals surface area contributed by atoms with Gasteiger partial charge in [-0.2, -0.15) is 11.8 Å². The standard InChI is InChI=1S/C19H20N2O3S/c1-12-16(18(22)24-10-11-25-2)17(21-19(23)20-12)15-9-5-7-13-6-3-4-8-14(13)15/h3-9,17H,10-11H2,1-2H3,(H2,20,21,23). The molecule has 0 saturated heterocycles. The van der Waals surface area contributed by atoms with E-state index in [1.165, 1.54) is 0 Å². The van der Waals surface area contributed by atoms with E-state index in [1.807, 2.05) is 48.7 Å². The van der Waals surface area contributed by atoms with Crippen molar-refractivity contribution in [1.29, 1.82) is 0 Å². The van der Waals surface area contributed by atoms with Gasteiger partial charge in [-0.25, -0.2) is 9.59 Å². The summed E-state index contributed by atoms with van der Waals surface area (Å²) in [7, 11) is 0. The Morgan fingerprint density at radius 1 is 1.20 bits per heavy atom. The second kappa shape index (κ2) is 7.61. The summed E-state index contributed by atoms with van der Waals surface area (Å²) in [6, 6.07) is 12.9. The first-order valence-corrected chi connectivity index (χ1v) is 9.43. The summed E-state index contributed by atoms with van der Waals surface area (Å²) in [5.41, 5.74) is 1.84. The molecule has 2 aromatic rings. The van der Waals surface area contributed by atoms with Gasteiger partial charge in [0.25, 0.3) is 0 Å². The average Bonchev–Trinajstić information content (AvgIpc) is 2.60. The van der Waals surface area contributed by atoms with Gasteiger partial charge in [-0.05, 0) is 29.5 Å². The van der Waals surface area contributed by atoms with Crippen LogP contribution in [-0.4, -0.2) is 30.6 Å². The van der Waals surface area contributed by atoms with E-state index in [0.29, 0.717) is 17.9 Å². The lowest BCUT2D eigenvalue weighted by atomic mass is 9.91. The minimum Gasteiger partial charge on any atom is -0.461 e. The van der Waals surface area contributed by atoms with Crippen LogP contribution in [0.3, 0.4) is 0 Å². The fourth-order valence-electron chi connectivity index (χ4n) is 3.00. The SMILES string of the molecule is CSCCOC(=O)C1=C(C)NC(=O)NC1c1cccc2ccccc12. The predicted octanol–water partition coefficient (Wildman–Crippen LogP) is 3.37. The largest absolute Gasteiger partial charge is 0.461 e. The number of hydrogen-bond acceptors (Lipinski definition) is 4. The van der Waals surface area contributed by atoms with Gasteiger partial charge < -0.3 is 15.4 Å². The second-order valence-electron chi connectivity index (χ2n) is 5.77. The Bertz CT molecular complexity index is 842. The van der Waals surface area contributed by atoms with E-state index < -0.39 is 12.0 Å². The molecule has 3 rings (SSSR count). The van der Waals surface area contributed by atoms with Crippen LogP contribution in [0, 0.1) is 0 Å². The Labute approximate surface area is 150 Å². The lowest BCUT2D eigenvalue weighted by Gasteiger charge is -2.29. The van der Waals surface area contributed by atoms with Crippen molar-refractivity contribution in [3.05, 3.63) is 59.3 Å². The van der Waals surface area contributed by atoms with Gasteiger partial charge in [0.2, 0.25) is 0 Å². The average molecular weight is 356 g/mol. The van der Waals surface area contributed by atoms with E-state index in [1.54, 1.807) is 18.7 Å². The number of esters is 1. The summed E-state index contributed by atoms with van der Waals surface area (Å²) in [5.74, 6) is 0.327. The Morgan fingerprint density at radius 2 is 1.96 bits per heavy atom. The first kappa shape index (κ1) is 17.4. The van der Waals surface area contributed by atoms with Crippen LogP contribution < -0.4 is 10.6 Å². The van der Waals surface area contributed by atoms with Crippen LogP contribution in [0.1, 0.15) is 18.5 Å². The molecule has 0 radical (unpaired) electrons. The molecular formula is C19H20N2O3S. The highest BCUT2D eigenvalue weighted by atomic mass is 32.2. The maximum Gasteiger partial charge on any atom is 0.338 e. The van der Waals surface area contributed by atoms with Crippen LogP contribution in [-0.2, 0) is 9.53 Å². The number of benzene rings is 2. The molecule has 2 amide bonds. The molecule has 1 aliphatic heterocycles. The molecular weight excluding hydrogens is 336 g/mol. The molecule has 6 heteroatoms. The van der Waals surface area contributed by atoms with Gasteiger partial charge in [-0.15, -0.1) is 0 Å². The van der Waals surface area contributed by atoms with E-state index in [4.69, 9.17) is 4.74 Å². The zero-order valence-electron chi connectivity index (χ0n) is 14.2. The zero-order valence-corrected chi connectivity index (χ0v) is 15.0. The zero-order chi connectivity index (χ0) is 17.8. The van der Waals surface area contributed by atoms with Crippen LogP contribution in [0.4, 0.5) is 4.79 Å². The van der Waals surface area contributed by atoms with E-state index in [0.717, 1.165) is 22.1 Å². The second-order valence-corrected chi connectivity index (χ2v) is 6.75. The maximum absolute atomic E-state index is 12.6. The molecule has 0 aliphatic carbocycles. The first-order chi connectivity index (χ1) is 12.1. The van der Waals surface area contributed by atoms with Gasteiger partial charge in [0.05, 0.1) is 11.6 Å². The molecule has 2 aromatic carbocycles. The highest BCUT2D eigenvalue weighted by Crippen LogP contribution is 2.32. The topological polar surface area (TPSA) is 67.4 Å². The molecule has 0 aromatic heterocycles. The summed E-state index contributed by atoms with van der Waals surface area (Å²) in [4.78, 5) is 24.6. The highest BCUT2D eigenvalue weighted by Gasteiger charge is 2.32. The number of nitrogens with one attached hydrogen (secondary N) is 2. The molecule has 25 heavy (non-hydrogen) atoms. The molecule has 130 valence electrons. The summed E-state index contributed by atoms with van der Waals surface area (Å²) >= 11 is 1.61. The third kappa shape index (κ3) is 3.64. The molecule has 1 atom stereocenters. The van der Waals surface area contributed by atoms with Crippen molar-refractivity contribution in [3.63, 3.8) is 0 Å². The predicted molar refractivity (Wildman–Crippen MR) is 100 cm³/mol. The number of thioether (sulfide) groups is 1. The molecule has 0 fully saturated rings. The molecule has 1 aliphatic rings. The summed E-state index contributed by atoms with van der Waals surface area (Å²) in [6.07, 6.45) is 1.96. The Kier molecular flexibility index (Phi) is 5.28. The van der Waals surface area contributed by atoms with E-state index in [-0.39, 0.29) is 6.03 Å². The van der Waals surface area contributed by atoms with Crippen LogP contribution in [0.2, 0.25) is 0 Å². The number of hydrogen-bond donors (Lipinski definition) is 2. The van der Waals surface area contributed by atoms with Crippen LogP contribution in [0.15, 0.2) is 53.7 Å². The van der Waals surface area contributed by atoms with Gasteiger partial charge in [-0.3, -0.25) is 0 Å². The van der Waals surface area contributed by atoms with Crippen molar-refractivity contribution < 1.29 is 14.3 Å². The molecule has 2 N–H and O–H groups in total. The number of rotatable bonds is 5. The number of urea groups is 1. The molecule has 1 unspecified atom stereocenters. The van der Waals surface area contributed by atoms with E-state index >= 15 is 0 Å². The highest BCUT2D eigenvalue weighted by molar-refractivity contribution is 7.98. The lowest BCUT2D eigenvalue weighted by Crippen LogP contribution is -2.45. The van der Waals surface area contributed by atoms with E-state index in [2.05, 4.69) is 10.6 Å². The number of fused-ring (bicyclic) bond motifs is 1. The van der Waals surface area contributed by atoms with Gasteiger partial charge in [0.1, 0.15) is 6.61 Å². The minimum atomic E-state index is -0.540. The van der Waals surface area contributed by atoms with Crippen LogP contribution in [0.5, 0.6) is 0 Å². The molecule has 5 nitrogen and oxygen atoms in total. The lowest BCUT2D eigenvalue weighted by molar-refractivity contribution is -0.138. The van der Waals surface area contributed by atoms with Gasteiger partial charge in [-0.1, -0.05) is 42.5 Å². The molecule has 0 spiro atoms. The van der Waals surface area contributed by atoms with Crippen molar-refractivity contribution >= 4 is 34.5 Å². The minimum absolute atomic E-state index is 0.323. The molecule has 1 heterocycles. The fraction of sp³-hybridized carbons (Fsp3) is 0.263. The third-order valence-corrected chi connectivity index (χ3v) is 4.72. The molecule has 0 saturated carbocycles. The summed E-state index contributed by atoms with van der Waals surface area (Å²) in [6.45, 7) is 2.06. The Hall–Kier alpha value is -2.47. The van der Waals surface area contributed by atoms with Crippen LogP contribution >= 0.6 is 11.8 Å². The number of ether oxygens (including phenoxy) is 1. The smallest absolute Gasteiger partial charge is 0.338 e. The first-order valence-electron chi connectivity index (χ1n) is 8.04. The normalized spacial score (nSPS) is 17.2. The number of allylic oxidation sites excluding steroid dienone is 1. The quantitative estimate of drug-likeness (QED) is 0.637. The summed E-state index contributed by atoms with van der Waals surface area (Å²) < 4.78 is 5.38. The monoisotopic (exact) mass is 356 g/mol. The van der Waals surface area contributed by atoms with Gasteiger partial charge in [0, 0.05) is 11.4 Å². The third-order valence-electron chi connectivity index (χ3n) is 4.14. The van der Waals surface area contributed by atoms with Gasteiger partial charge in [0.15, 0.2) is 0 Å². The van der Waals surface area contributed by atoms with Gasteiger partial charge >= 0.3 is 12.0 Å². The van der Waals surface area contributed by atoms with Crippen molar-refractivity contribution in [2.45, 2.75) is 13.0 Å². The summed E-state index contributed by atoms with van der Waals surface area (Å²) in [5, 5.41) is 7.59. The Morgan fingerprint density at radius 3 is 2.76 bits per heavy atom. The number of carbonyl (C=O) groups is 2. The van der Waals surface area contributed by atoms with Crippen molar-refractivity contribution in [2.24, 2.45) is 0 Å². The van der Waals surface area contributed by atoms with Crippen molar-refractivity contribution in [2.75, 3.05) is 18.6 Å². The van der Waals surface area contributed by atoms with Crippen molar-refractivity contribution in [1.82, 2.24) is 10.6 Å². The van der Waals surface area contributed by atoms with Crippen LogP contribution in [0.25, 0.3) is 10.8 Å². The number of carbonyl (C=O) groups excluding carboxylic acids is 2. The van der Waals surface area contributed by atoms with Crippen molar-refractivity contribution in [3.8, 4) is 0 Å². The molecule has 0 bridgehead atoms. The Balaban J connectivity index is 2.03. The number of amides is 2. The maximum atomic E-state index is 12.6.